The molecule has 3 aromatic rings. The molecule has 2 nitrogen and oxygen atoms in total. The van der Waals surface area contributed by atoms with Gasteiger partial charge in [0.25, 0.3) is 0 Å². The predicted molar refractivity (Wildman–Crippen MR) is 83.0 cm³/mol. The quantitative estimate of drug-likeness (QED) is 0.769. The maximum absolute atomic E-state index is 9.92. The standard InChI is InChI=1S/C18H19NO/c1-13-18(15-10-6-7-11-17(15)19(13)2)16(12-20)14-8-4-3-5-9-14/h3-11,16,20H,12H2,1-2H3/t16-/m1/s1. The van der Waals surface area contributed by atoms with Gasteiger partial charge in [-0.1, -0.05) is 48.5 Å². The third-order valence-electron chi connectivity index (χ3n) is 4.18. The van der Waals surface area contributed by atoms with E-state index in [0.29, 0.717) is 0 Å². The fraction of sp³-hybridized carbons (Fsp3) is 0.222. The molecular weight excluding hydrogens is 246 g/mol. The minimum Gasteiger partial charge on any atom is -0.395 e. The van der Waals surface area contributed by atoms with Gasteiger partial charge in [0.15, 0.2) is 0 Å². The molecule has 1 aromatic heterocycles. The second-order valence-electron chi connectivity index (χ2n) is 5.22. The number of aromatic nitrogens is 1. The zero-order valence-corrected chi connectivity index (χ0v) is 11.9. The van der Waals surface area contributed by atoms with Crippen LogP contribution >= 0.6 is 0 Å². The lowest BCUT2D eigenvalue weighted by Crippen LogP contribution is -2.07. The summed E-state index contributed by atoms with van der Waals surface area (Å²) >= 11 is 0. The number of aliphatic hydroxyl groups excluding tert-OH is 1. The Morgan fingerprint density at radius 1 is 1.00 bits per heavy atom. The number of rotatable bonds is 3. The van der Waals surface area contributed by atoms with Crippen LogP contribution < -0.4 is 0 Å². The number of nitrogens with zero attached hydrogens (tertiary/aromatic N) is 1. The van der Waals surface area contributed by atoms with Crippen molar-refractivity contribution in [2.24, 2.45) is 7.05 Å². The molecular formula is C18H19NO. The molecule has 0 aliphatic carbocycles. The van der Waals surface area contributed by atoms with Gasteiger partial charge in [-0.05, 0) is 24.1 Å². The van der Waals surface area contributed by atoms with E-state index in [0.717, 1.165) is 5.56 Å². The lowest BCUT2D eigenvalue weighted by Gasteiger charge is -2.16. The Bertz CT molecular complexity index is 728. The molecule has 2 heteroatoms. The molecule has 1 N–H and O–H groups in total. The van der Waals surface area contributed by atoms with Gasteiger partial charge in [-0.15, -0.1) is 0 Å². The van der Waals surface area contributed by atoms with Crippen LogP contribution in [0.25, 0.3) is 10.9 Å². The van der Waals surface area contributed by atoms with E-state index in [-0.39, 0.29) is 12.5 Å². The monoisotopic (exact) mass is 265 g/mol. The molecule has 2 aromatic carbocycles. The summed E-state index contributed by atoms with van der Waals surface area (Å²) < 4.78 is 2.20. The minimum atomic E-state index is 0.0299. The summed E-state index contributed by atoms with van der Waals surface area (Å²) in [6, 6.07) is 18.6. The third-order valence-corrected chi connectivity index (χ3v) is 4.18. The number of para-hydroxylation sites is 1. The minimum absolute atomic E-state index is 0.0299. The number of aryl methyl sites for hydroxylation is 1. The van der Waals surface area contributed by atoms with Crippen molar-refractivity contribution < 1.29 is 5.11 Å². The van der Waals surface area contributed by atoms with Gasteiger partial charge in [0.05, 0.1) is 6.61 Å². The summed E-state index contributed by atoms with van der Waals surface area (Å²) in [5.41, 5.74) is 4.83. The van der Waals surface area contributed by atoms with Crippen molar-refractivity contribution in [3.63, 3.8) is 0 Å². The lowest BCUT2D eigenvalue weighted by molar-refractivity contribution is 0.280. The Balaban J connectivity index is 2.25. The first-order chi connectivity index (χ1) is 9.74. The molecule has 1 atom stereocenters. The molecule has 0 unspecified atom stereocenters. The molecule has 20 heavy (non-hydrogen) atoms. The summed E-state index contributed by atoms with van der Waals surface area (Å²) in [6.45, 7) is 2.25. The molecule has 1 heterocycles. The molecule has 3 rings (SSSR count). The number of hydrogen-bond donors (Lipinski definition) is 1. The molecule has 0 saturated carbocycles. The molecule has 102 valence electrons. The second-order valence-corrected chi connectivity index (χ2v) is 5.22. The summed E-state index contributed by atoms with van der Waals surface area (Å²) in [7, 11) is 2.08. The van der Waals surface area contributed by atoms with Gasteiger partial charge in [-0.2, -0.15) is 0 Å². The van der Waals surface area contributed by atoms with Gasteiger partial charge in [0, 0.05) is 29.6 Å². The van der Waals surface area contributed by atoms with E-state index in [9.17, 15) is 5.11 Å². The maximum atomic E-state index is 9.92. The number of hydrogen-bond acceptors (Lipinski definition) is 1. The smallest absolute Gasteiger partial charge is 0.0541 e. The van der Waals surface area contributed by atoms with Crippen LogP contribution in [0.5, 0.6) is 0 Å². The van der Waals surface area contributed by atoms with Crippen molar-refractivity contribution in [2.45, 2.75) is 12.8 Å². The van der Waals surface area contributed by atoms with Crippen LogP contribution in [0.4, 0.5) is 0 Å². The van der Waals surface area contributed by atoms with E-state index in [4.69, 9.17) is 0 Å². The summed E-state index contributed by atoms with van der Waals surface area (Å²) in [5.74, 6) is 0.0299. The Morgan fingerprint density at radius 2 is 1.65 bits per heavy atom. The first-order valence-corrected chi connectivity index (χ1v) is 6.93. The Hall–Kier alpha value is -2.06. The molecule has 0 aliphatic rings. The fourth-order valence-electron chi connectivity index (χ4n) is 3.04. The van der Waals surface area contributed by atoms with Gasteiger partial charge in [0.2, 0.25) is 0 Å². The number of aliphatic hydroxyl groups is 1. The normalized spacial score (nSPS) is 12.8. The largest absolute Gasteiger partial charge is 0.395 e. The maximum Gasteiger partial charge on any atom is 0.0541 e. The molecule has 0 bridgehead atoms. The topological polar surface area (TPSA) is 25.2 Å². The van der Waals surface area contributed by atoms with Crippen molar-refractivity contribution >= 4 is 10.9 Å². The SMILES string of the molecule is Cc1c([C@H](CO)c2ccccc2)c2ccccc2n1C. The van der Waals surface area contributed by atoms with Crippen molar-refractivity contribution in [3.05, 3.63) is 71.4 Å². The lowest BCUT2D eigenvalue weighted by atomic mass is 9.90. The molecule has 0 radical (unpaired) electrons. The van der Waals surface area contributed by atoms with E-state index < -0.39 is 0 Å². The molecule has 0 fully saturated rings. The Labute approximate surface area is 119 Å². The Kier molecular flexibility index (Phi) is 3.33. The van der Waals surface area contributed by atoms with Gasteiger partial charge in [-0.25, -0.2) is 0 Å². The van der Waals surface area contributed by atoms with Crippen LogP contribution in [0.2, 0.25) is 0 Å². The van der Waals surface area contributed by atoms with Crippen molar-refractivity contribution in [1.29, 1.82) is 0 Å². The fourth-order valence-corrected chi connectivity index (χ4v) is 3.04. The highest BCUT2D eigenvalue weighted by Gasteiger charge is 2.21. The van der Waals surface area contributed by atoms with Crippen LogP contribution in [-0.4, -0.2) is 16.3 Å². The zero-order chi connectivity index (χ0) is 14.1. The number of fused-ring (bicyclic) bond motifs is 1. The molecule has 0 aliphatic heterocycles. The van der Waals surface area contributed by atoms with E-state index in [2.05, 4.69) is 54.9 Å². The number of benzene rings is 2. The summed E-state index contributed by atoms with van der Waals surface area (Å²) in [6.07, 6.45) is 0. The van der Waals surface area contributed by atoms with Crippen molar-refractivity contribution in [3.8, 4) is 0 Å². The van der Waals surface area contributed by atoms with E-state index in [1.165, 1.54) is 22.2 Å². The molecule has 0 spiro atoms. The van der Waals surface area contributed by atoms with Crippen LogP contribution in [0.15, 0.2) is 54.6 Å². The van der Waals surface area contributed by atoms with E-state index in [1.54, 1.807) is 0 Å². The van der Waals surface area contributed by atoms with Gasteiger partial charge < -0.3 is 9.67 Å². The highest BCUT2D eigenvalue weighted by Crippen LogP contribution is 2.34. The average Bonchev–Trinajstić information content (AvgIpc) is 2.75. The highest BCUT2D eigenvalue weighted by molar-refractivity contribution is 5.86. The van der Waals surface area contributed by atoms with Crippen molar-refractivity contribution in [1.82, 2.24) is 4.57 Å². The van der Waals surface area contributed by atoms with E-state index in [1.807, 2.05) is 18.2 Å². The van der Waals surface area contributed by atoms with Crippen LogP contribution in [0, 0.1) is 6.92 Å². The first kappa shape index (κ1) is 12.9. The molecule has 0 saturated heterocycles. The third kappa shape index (κ3) is 1.93. The second kappa shape index (κ2) is 5.14. The predicted octanol–water partition coefficient (Wildman–Crippen LogP) is 3.61. The van der Waals surface area contributed by atoms with Gasteiger partial charge in [-0.3, -0.25) is 0 Å². The van der Waals surface area contributed by atoms with Crippen LogP contribution in [0.1, 0.15) is 22.7 Å². The van der Waals surface area contributed by atoms with E-state index >= 15 is 0 Å². The first-order valence-electron chi connectivity index (χ1n) is 6.93. The average molecular weight is 265 g/mol. The van der Waals surface area contributed by atoms with Gasteiger partial charge in [0.1, 0.15) is 0 Å². The summed E-state index contributed by atoms with van der Waals surface area (Å²) in [5, 5.41) is 11.1. The highest BCUT2D eigenvalue weighted by atomic mass is 16.3. The van der Waals surface area contributed by atoms with Crippen LogP contribution in [0.3, 0.4) is 0 Å². The summed E-state index contributed by atoms with van der Waals surface area (Å²) in [4.78, 5) is 0. The van der Waals surface area contributed by atoms with Crippen LogP contribution in [-0.2, 0) is 7.05 Å². The molecule has 0 amide bonds. The van der Waals surface area contributed by atoms with Crippen molar-refractivity contribution in [2.75, 3.05) is 6.61 Å². The van der Waals surface area contributed by atoms with Gasteiger partial charge >= 0.3 is 0 Å². The zero-order valence-electron chi connectivity index (χ0n) is 11.9. The Morgan fingerprint density at radius 3 is 2.35 bits per heavy atom.